The molecular weight excluding hydrogens is 353 g/mol. The molecule has 3 nitrogen and oxygen atoms in total. The minimum Gasteiger partial charge on any atom is -0.328 e. The number of benzene rings is 2. The van der Waals surface area contributed by atoms with Crippen molar-refractivity contribution < 1.29 is 22.0 Å². The molecule has 1 heterocycles. The van der Waals surface area contributed by atoms with Crippen LogP contribution in [0.2, 0.25) is 0 Å². The average molecular weight is 367 g/mol. The van der Waals surface area contributed by atoms with Crippen LogP contribution in [0.15, 0.2) is 48.8 Å². The van der Waals surface area contributed by atoms with E-state index in [9.17, 15) is 22.0 Å². The van der Waals surface area contributed by atoms with Gasteiger partial charge < -0.3 is 10.3 Å². The van der Waals surface area contributed by atoms with Gasteiger partial charge in [-0.15, -0.1) is 0 Å². The molecule has 0 amide bonds. The third-order valence-electron chi connectivity index (χ3n) is 3.93. The predicted octanol–water partition coefficient (Wildman–Crippen LogP) is 4.35. The van der Waals surface area contributed by atoms with Crippen molar-refractivity contribution in [3.8, 4) is 11.3 Å². The van der Waals surface area contributed by atoms with Gasteiger partial charge in [0.2, 0.25) is 0 Å². The summed E-state index contributed by atoms with van der Waals surface area (Å²) in [5, 5.41) is 0. The fourth-order valence-corrected chi connectivity index (χ4v) is 2.71. The first-order valence-corrected chi connectivity index (χ1v) is 7.65. The molecule has 2 aromatic carbocycles. The van der Waals surface area contributed by atoms with E-state index in [1.807, 2.05) is 0 Å². The summed E-state index contributed by atoms with van der Waals surface area (Å²) in [6.45, 7) is 0.0807. The van der Waals surface area contributed by atoms with Crippen LogP contribution in [-0.4, -0.2) is 9.55 Å². The smallest absolute Gasteiger partial charge is 0.328 e. The van der Waals surface area contributed by atoms with Gasteiger partial charge in [-0.1, -0.05) is 12.1 Å². The first kappa shape index (κ1) is 18.1. The van der Waals surface area contributed by atoms with Crippen LogP contribution in [0, 0.1) is 11.6 Å². The zero-order chi connectivity index (χ0) is 18.9. The molecule has 0 aliphatic rings. The van der Waals surface area contributed by atoms with E-state index in [1.165, 1.54) is 18.5 Å². The summed E-state index contributed by atoms with van der Waals surface area (Å²) in [7, 11) is 0. The normalized spacial score (nSPS) is 11.8. The molecule has 8 heteroatoms. The summed E-state index contributed by atoms with van der Waals surface area (Å²) < 4.78 is 67.2. The molecule has 3 rings (SSSR count). The molecule has 0 saturated carbocycles. The van der Waals surface area contributed by atoms with Crippen LogP contribution in [-0.2, 0) is 19.3 Å². The minimum atomic E-state index is -4.44. The van der Waals surface area contributed by atoms with Gasteiger partial charge in [0.25, 0.3) is 0 Å². The number of nitrogens with zero attached hydrogens (tertiary/aromatic N) is 2. The lowest BCUT2D eigenvalue weighted by Crippen LogP contribution is -2.10. The Morgan fingerprint density at radius 2 is 1.81 bits per heavy atom. The second-order valence-electron chi connectivity index (χ2n) is 5.69. The van der Waals surface area contributed by atoms with Crippen LogP contribution >= 0.6 is 0 Å². The van der Waals surface area contributed by atoms with Crippen molar-refractivity contribution in [2.45, 2.75) is 19.3 Å². The Morgan fingerprint density at radius 1 is 1.04 bits per heavy atom. The number of nitrogens with two attached hydrogens (primary N) is 1. The number of alkyl halides is 3. The summed E-state index contributed by atoms with van der Waals surface area (Å²) >= 11 is 0. The number of hydrogen-bond acceptors (Lipinski definition) is 2. The zero-order valence-electron chi connectivity index (χ0n) is 13.4. The van der Waals surface area contributed by atoms with E-state index >= 15 is 0 Å². The van der Waals surface area contributed by atoms with Crippen molar-refractivity contribution in [1.82, 2.24) is 9.55 Å². The molecule has 0 spiro atoms. The van der Waals surface area contributed by atoms with E-state index in [0.29, 0.717) is 11.3 Å². The maximum Gasteiger partial charge on any atom is 0.416 e. The molecule has 0 aliphatic carbocycles. The molecule has 0 bridgehead atoms. The Hall–Kier alpha value is -2.74. The largest absolute Gasteiger partial charge is 0.416 e. The zero-order valence-corrected chi connectivity index (χ0v) is 13.4. The molecule has 0 aliphatic heterocycles. The molecule has 0 saturated heterocycles. The first-order chi connectivity index (χ1) is 12.3. The summed E-state index contributed by atoms with van der Waals surface area (Å²) in [4.78, 5) is 4.11. The van der Waals surface area contributed by atoms with Gasteiger partial charge in [0.05, 0.1) is 23.3 Å². The average Bonchev–Trinajstić information content (AvgIpc) is 2.96. The molecule has 0 fully saturated rings. The topological polar surface area (TPSA) is 43.8 Å². The Morgan fingerprint density at radius 3 is 2.46 bits per heavy atom. The summed E-state index contributed by atoms with van der Waals surface area (Å²) in [5.41, 5.74) is 6.12. The van der Waals surface area contributed by atoms with Crippen molar-refractivity contribution in [3.63, 3.8) is 0 Å². The molecule has 0 radical (unpaired) electrons. The van der Waals surface area contributed by atoms with Crippen molar-refractivity contribution >= 4 is 0 Å². The van der Waals surface area contributed by atoms with Gasteiger partial charge in [-0.25, -0.2) is 13.8 Å². The molecule has 2 N–H and O–H groups in total. The monoisotopic (exact) mass is 367 g/mol. The minimum absolute atomic E-state index is 0.00882. The van der Waals surface area contributed by atoms with Crippen LogP contribution in [0.5, 0.6) is 0 Å². The highest BCUT2D eigenvalue weighted by Gasteiger charge is 2.30. The molecule has 3 aromatic rings. The molecule has 1 aromatic heterocycles. The number of rotatable bonds is 4. The Bertz CT molecular complexity index is 931. The second kappa shape index (κ2) is 6.87. The van der Waals surface area contributed by atoms with Crippen LogP contribution in [0.4, 0.5) is 22.0 Å². The quantitative estimate of drug-likeness (QED) is 0.697. The van der Waals surface area contributed by atoms with Crippen molar-refractivity contribution in [1.29, 1.82) is 0 Å². The van der Waals surface area contributed by atoms with Crippen LogP contribution in [0.25, 0.3) is 11.3 Å². The van der Waals surface area contributed by atoms with E-state index in [0.717, 1.165) is 24.3 Å². The number of hydrogen-bond donors (Lipinski definition) is 1. The van der Waals surface area contributed by atoms with Crippen molar-refractivity contribution in [2.75, 3.05) is 0 Å². The van der Waals surface area contributed by atoms with E-state index in [1.54, 1.807) is 10.6 Å². The van der Waals surface area contributed by atoms with Gasteiger partial charge >= 0.3 is 6.18 Å². The van der Waals surface area contributed by atoms with Gasteiger partial charge in [-0.2, -0.15) is 13.2 Å². The van der Waals surface area contributed by atoms with Crippen LogP contribution in [0.1, 0.15) is 16.8 Å². The third kappa shape index (κ3) is 3.60. The molecule has 26 heavy (non-hydrogen) atoms. The highest BCUT2D eigenvalue weighted by Crippen LogP contribution is 2.30. The van der Waals surface area contributed by atoms with Gasteiger partial charge in [0.1, 0.15) is 11.6 Å². The maximum atomic E-state index is 14.0. The molecule has 0 unspecified atom stereocenters. The summed E-state index contributed by atoms with van der Waals surface area (Å²) in [6, 6.07) is 7.98. The number of aromatic nitrogens is 2. The van der Waals surface area contributed by atoms with Crippen molar-refractivity contribution in [3.05, 3.63) is 77.2 Å². The molecular formula is C18H14F5N3. The second-order valence-corrected chi connectivity index (χ2v) is 5.69. The Kier molecular flexibility index (Phi) is 4.78. The van der Waals surface area contributed by atoms with Gasteiger partial charge in [-0.05, 0) is 29.8 Å². The van der Waals surface area contributed by atoms with E-state index < -0.39 is 23.4 Å². The third-order valence-corrected chi connectivity index (χ3v) is 3.93. The highest BCUT2D eigenvalue weighted by atomic mass is 19.4. The van der Waals surface area contributed by atoms with Gasteiger partial charge in [-0.3, -0.25) is 0 Å². The van der Waals surface area contributed by atoms with Crippen molar-refractivity contribution in [2.24, 2.45) is 5.73 Å². The van der Waals surface area contributed by atoms with E-state index in [2.05, 4.69) is 4.98 Å². The highest BCUT2D eigenvalue weighted by molar-refractivity contribution is 5.62. The molecule has 136 valence electrons. The van der Waals surface area contributed by atoms with E-state index in [4.69, 9.17) is 5.73 Å². The maximum absolute atomic E-state index is 14.0. The summed E-state index contributed by atoms with van der Waals surface area (Å²) in [6.07, 6.45) is -3.06. The SMILES string of the molecule is NCc1c(-c2ccc(F)cc2F)ncn1Cc1cccc(C(F)(F)F)c1. The fraction of sp³-hybridized carbons (Fsp3) is 0.167. The lowest BCUT2D eigenvalue weighted by atomic mass is 10.1. The van der Waals surface area contributed by atoms with Crippen LogP contribution < -0.4 is 5.73 Å². The lowest BCUT2D eigenvalue weighted by molar-refractivity contribution is -0.137. The Labute approximate surface area is 145 Å². The number of imidazole rings is 1. The van der Waals surface area contributed by atoms with E-state index in [-0.39, 0.29) is 24.3 Å². The lowest BCUT2D eigenvalue weighted by Gasteiger charge is -2.11. The Balaban J connectivity index is 1.97. The molecule has 0 atom stereocenters. The first-order valence-electron chi connectivity index (χ1n) is 7.65. The summed E-state index contributed by atoms with van der Waals surface area (Å²) in [5.74, 6) is -1.51. The predicted molar refractivity (Wildman–Crippen MR) is 86.0 cm³/mol. The number of halogens is 5. The standard InChI is InChI=1S/C18H14F5N3/c19-13-4-5-14(15(20)7-13)17-16(8-24)26(10-25-17)9-11-2-1-3-12(6-11)18(21,22)23/h1-7,10H,8-9,24H2. The van der Waals surface area contributed by atoms with Crippen LogP contribution in [0.3, 0.4) is 0 Å². The van der Waals surface area contributed by atoms with Gasteiger partial charge in [0.15, 0.2) is 0 Å². The fourth-order valence-electron chi connectivity index (χ4n) is 2.71. The van der Waals surface area contributed by atoms with Gasteiger partial charge in [0, 0.05) is 24.7 Å².